The summed E-state index contributed by atoms with van der Waals surface area (Å²) in [6.45, 7) is 1.32. The number of amides is 1. The Morgan fingerprint density at radius 1 is 1.38 bits per heavy atom. The number of anilines is 1. The van der Waals surface area contributed by atoms with Crippen LogP contribution in [0.25, 0.3) is 0 Å². The lowest BCUT2D eigenvalue weighted by molar-refractivity contribution is -0.139. The van der Waals surface area contributed by atoms with Crippen LogP contribution < -0.4 is 4.90 Å². The molecular formula is C13H9F5N2O. The third-order valence-corrected chi connectivity index (χ3v) is 3.23. The van der Waals surface area contributed by atoms with Crippen molar-refractivity contribution in [3.63, 3.8) is 0 Å². The first-order valence-electron chi connectivity index (χ1n) is 5.91. The SMILES string of the molecule is C[C@H]1CC(F)(F)C(=O)N1c1ccc(C#N)c(C(F)(F)F)c1. The first-order valence-corrected chi connectivity index (χ1v) is 5.91. The van der Waals surface area contributed by atoms with Gasteiger partial charge in [-0.2, -0.15) is 27.2 Å². The van der Waals surface area contributed by atoms with Crippen LogP contribution in [0, 0.1) is 11.3 Å². The molecule has 0 spiro atoms. The third kappa shape index (κ3) is 2.55. The van der Waals surface area contributed by atoms with E-state index in [1.54, 1.807) is 0 Å². The van der Waals surface area contributed by atoms with E-state index in [2.05, 4.69) is 0 Å². The van der Waals surface area contributed by atoms with Crippen molar-refractivity contribution in [1.82, 2.24) is 0 Å². The summed E-state index contributed by atoms with van der Waals surface area (Å²) in [4.78, 5) is 12.2. The zero-order valence-electron chi connectivity index (χ0n) is 10.7. The van der Waals surface area contributed by atoms with Crippen LogP contribution in [0.15, 0.2) is 18.2 Å². The third-order valence-electron chi connectivity index (χ3n) is 3.23. The van der Waals surface area contributed by atoms with Crippen molar-refractivity contribution in [3.8, 4) is 6.07 Å². The molecule has 1 amide bonds. The average molecular weight is 304 g/mol. The van der Waals surface area contributed by atoms with Gasteiger partial charge in [-0.1, -0.05) is 0 Å². The van der Waals surface area contributed by atoms with Gasteiger partial charge in [0.05, 0.1) is 17.2 Å². The number of carbonyl (C=O) groups is 1. The number of benzene rings is 1. The van der Waals surface area contributed by atoms with E-state index in [1.165, 1.54) is 13.0 Å². The van der Waals surface area contributed by atoms with E-state index >= 15 is 0 Å². The molecule has 0 saturated carbocycles. The van der Waals surface area contributed by atoms with E-state index in [-0.39, 0.29) is 5.69 Å². The Hall–Kier alpha value is -2.17. The zero-order valence-corrected chi connectivity index (χ0v) is 10.7. The summed E-state index contributed by atoms with van der Waals surface area (Å²) >= 11 is 0. The molecule has 1 aliphatic rings. The maximum Gasteiger partial charge on any atom is 0.417 e. The maximum atomic E-state index is 13.3. The molecule has 1 saturated heterocycles. The van der Waals surface area contributed by atoms with Gasteiger partial charge in [-0.25, -0.2) is 0 Å². The molecule has 0 N–H and O–H groups in total. The summed E-state index contributed by atoms with van der Waals surface area (Å²) in [6.07, 6.45) is -5.57. The maximum absolute atomic E-state index is 13.3. The summed E-state index contributed by atoms with van der Waals surface area (Å²) in [7, 11) is 0. The second-order valence-corrected chi connectivity index (χ2v) is 4.77. The normalized spacial score (nSPS) is 21.5. The summed E-state index contributed by atoms with van der Waals surface area (Å²) in [5.41, 5.74) is -2.17. The highest BCUT2D eigenvalue weighted by Gasteiger charge is 2.52. The Balaban J connectivity index is 2.52. The second kappa shape index (κ2) is 4.69. The molecule has 2 rings (SSSR count). The van der Waals surface area contributed by atoms with Gasteiger partial charge in [0, 0.05) is 18.2 Å². The van der Waals surface area contributed by atoms with Gasteiger partial charge in [-0.15, -0.1) is 0 Å². The molecular weight excluding hydrogens is 295 g/mol. The minimum Gasteiger partial charge on any atom is -0.304 e. The molecule has 0 aliphatic carbocycles. The lowest BCUT2D eigenvalue weighted by Crippen LogP contribution is -2.35. The van der Waals surface area contributed by atoms with Crippen molar-refractivity contribution < 1.29 is 26.7 Å². The largest absolute Gasteiger partial charge is 0.417 e. The van der Waals surface area contributed by atoms with Crippen molar-refractivity contribution in [2.45, 2.75) is 31.5 Å². The summed E-state index contributed by atoms with van der Waals surface area (Å²) < 4.78 is 65.2. The monoisotopic (exact) mass is 304 g/mol. The predicted octanol–water partition coefficient (Wildman–Crippen LogP) is 3.34. The van der Waals surface area contributed by atoms with Crippen molar-refractivity contribution in [3.05, 3.63) is 29.3 Å². The van der Waals surface area contributed by atoms with Crippen LogP contribution in [0.1, 0.15) is 24.5 Å². The van der Waals surface area contributed by atoms with Crippen molar-refractivity contribution in [2.75, 3.05) is 4.90 Å². The fraction of sp³-hybridized carbons (Fsp3) is 0.385. The lowest BCUT2D eigenvalue weighted by Gasteiger charge is -2.22. The van der Waals surface area contributed by atoms with Gasteiger partial charge < -0.3 is 4.90 Å². The molecule has 1 heterocycles. The number of carbonyl (C=O) groups excluding carboxylic acids is 1. The number of nitriles is 1. The number of nitrogens with zero attached hydrogens (tertiary/aromatic N) is 2. The number of hydrogen-bond acceptors (Lipinski definition) is 2. The van der Waals surface area contributed by atoms with Gasteiger partial charge in [0.2, 0.25) is 0 Å². The van der Waals surface area contributed by atoms with Gasteiger partial charge in [0.25, 0.3) is 5.91 Å². The minimum absolute atomic E-state index is 0.295. The van der Waals surface area contributed by atoms with E-state index in [1.807, 2.05) is 0 Å². The molecule has 0 radical (unpaired) electrons. The van der Waals surface area contributed by atoms with Crippen LogP contribution in [0.5, 0.6) is 0 Å². The number of hydrogen-bond donors (Lipinski definition) is 0. The Morgan fingerprint density at radius 2 is 2.00 bits per heavy atom. The fourth-order valence-corrected chi connectivity index (χ4v) is 2.31. The van der Waals surface area contributed by atoms with Crippen molar-refractivity contribution in [1.29, 1.82) is 5.26 Å². The van der Waals surface area contributed by atoms with Gasteiger partial charge in [-0.05, 0) is 25.1 Å². The highest BCUT2D eigenvalue weighted by Crippen LogP contribution is 2.39. The van der Waals surface area contributed by atoms with E-state index < -0.39 is 41.6 Å². The van der Waals surface area contributed by atoms with Gasteiger partial charge in [0.1, 0.15) is 0 Å². The molecule has 1 fully saturated rings. The molecule has 1 aromatic carbocycles. The van der Waals surface area contributed by atoms with Crippen LogP contribution in [-0.2, 0) is 11.0 Å². The molecule has 3 nitrogen and oxygen atoms in total. The molecule has 0 unspecified atom stereocenters. The standard InChI is InChI=1S/C13H9F5N2O/c1-7-5-12(14,15)11(21)20(7)9-3-2-8(6-19)10(4-9)13(16,17)18/h2-4,7H,5H2,1H3/t7-/m0/s1. The number of rotatable bonds is 1. The molecule has 0 aromatic heterocycles. The molecule has 0 bridgehead atoms. The Kier molecular flexibility index (Phi) is 3.40. The summed E-state index contributed by atoms with van der Waals surface area (Å²) in [5, 5.41) is 8.67. The second-order valence-electron chi connectivity index (χ2n) is 4.77. The lowest BCUT2D eigenvalue weighted by atomic mass is 10.1. The number of alkyl halides is 5. The molecule has 1 aliphatic heterocycles. The summed E-state index contributed by atoms with van der Waals surface area (Å²) in [5.74, 6) is -5.13. The van der Waals surface area contributed by atoms with Crippen LogP contribution in [-0.4, -0.2) is 17.9 Å². The van der Waals surface area contributed by atoms with E-state index in [0.29, 0.717) is 11.0 Å². The Morgan fingerprint density at radius 3 is 2.43 bits per heavy atom. The number of halogens is 5. The van der Waals surface area contributed by atoms with E-state index in [9.17, 15) is 26.7 Å². The highest BCUT2D eigenvalue weighted by atomic mass is 19.4. The molecule has 21 heavy (non-hydrogen) atoms. The molecule has 1 aromatic rings. The first kappa shape index (κ1) is 15.2. The van der Waals surface area contributed by atoms with Crippen LogP contribution in [0.3, 0.4) is 0 Å². The molecule has 112 valence electrons. The molecule has 1 atom stereocenters. The zero-order chi connectivity index (χ0) is 16.0. The van der Waals surface area contributed by atoms with Gasteiger partial charge in [-0.3, -0.25) is 4.79 Å². The van der Waals surface area contributed by atoms with Gasteiger partial charge in [0.15, 0.2) is 0 Å². The van der Waals surface area contributed by atoms with Crippen LogP contribution >= 0.6 is 0 Å². The minimum atomic E-state index is -4.81. The van der Waals surface area contributed by atoms with Crippen LogP contribution in [0.4, 0.5) is 27.6 Å². The summed E-state index contributed by atoms with van der Waals surface area (Å²) in [6, 6.07) is 2.94. The topological polar surface area (TPSA) is 44.1 Å². The van der Waals surface area contributed by atoms with Crippen LogP contribution in [0.2, 0.25) is 0 Å². The van der Waals surface area contributed by atoms with E-state index in [0.717, 1.165) is 12.1 Å². The average Bonchev–Trinajstić information content (AvgIpc) is 2.56. The smallest absolute Gasteiger partial charge is 0.304 e. The van der Waals surface area contributed by atoms with Crippen molar-refractivity contribution in [2.24, 2.45) is 0 Å². The first-order chi connectivity index (χ1) is 9.58. The van der Waals surface area contributed by atoms with Crippen molar-refractivity contribution >= 4 is 11.6 Å². The molecule has 8 heteroatoms. The fourth-order valence-electron chi connectivity index (χ4n) is 2.31. The Labute approximate surface area is 116 Å². The highest BCUT2D eigenvalue weighted by molar-refractivity contribution is 6.01. The Bertz CT molecular complexity index is 632. The van der Waals surface area contributed by atoms with Gasteiger partial charge >= 0.3 is 12.1 Å². The quantitative estimate of drug-likeness (QED) is 0.747. The predicted molar refractivity (Wildman–Crippen MR) is 62.7 cm³/mol. The van der Waals surface area contributed by atoms with E-state index in [4.69, 9.17) is 5.26 Å².